The van der Waals surface area contributed by atoms with Crippen molar-refractivity contribution in [2.45, 2.75) is 44.6 Å². The van der Waals surface area contributed by atoms with E-state index >= 15 is 0 Å². The van der Waals surface area contributed by atoms with E-state index in [2.05, 4.69) is 24.5 Å². The van der Waals surface area contributed by atoms with Gasteiger partial charge in [0.1, 0.15) is 5.72 Å². The van der Waals surface area contributed by atoms with Crippen molar-refractivity contribution >= 4 is 0 Å². The maximum absolute atomic E-state index is 5.86. The standard InChI is InChI=1S/C9H18N2O/c1-7-6-11-9(2,12-7)8-4-3-5-10-8/h7-8,10-11H,3-6H2,1-2H3. The fourth-order valence-electron chi connectivity index (χ4n) is 2.21. The minimum atomic E-state index is -0.115. The van der Waals surface area contributed by atoms with Gasteiger partial charge in [-0.05, 0) is 33.2 Å². The summed E-state index contributed by atoms with van der Waals surface area (Å²) in [7, 11) is 0. The van der Waals surface area contributed by atoms with Crippen LogP contribution < -0.4 is 10.6 Å². The van der Waals surface area contributed by atoms with Crippen LogP contribution in [0.1, 0.15) is 26.7 Å². The fraction of sp³-hybridized carbons (Fsp3) is 1.00. The minimum absolute atomic E-state index is 0.115. The number of hydrogen-bond donors (Lipinski definition) is 2. The van der Waals surface area contributed by atoms with Crippen molar-refractivity contribution in [3.63, 3.8) is 0 Å². The summed E-state index contributed by atoms with van der Waals surface area (Å²) in [5, 5.41) is 6.91. The van der Waals surface area contributed by atoms with Crippen molar-refractivity contribution < 1.29 is 4.74 Å². The van der Waals surface area contributed by atoms with Crippen LogP contribution in [0.25, 0.3) is 0 Å². The molecule has 0 bridgehead atoms. The van der Waals surface area contributed by atoms with Crippen LogP contribution in [-0.4, -0.2) is 31.0 Å². The lowest BCUT2D eigenvalue weighted by Gasteiger charge is -2.31. The van der Waals surface area contributed by atoms with E-state index in [4.69, 9.17) is 4.74 Å². The van der Waals surface area contributed by atoms with E-state index in [0.717, 1.165) is 13.1 Å². The Bertz CT molecular complexity index is 168. The first-order valence-corrected chi connectivity index (χ1v) is 4.87. The number of rotatable bonds is 1. The Morgan fingerprint density at radius 2 is 2.33 bits per heavy atom. The molecule has 2 heterocycles. The van der Waals surface area contributed by atoms with Gasteiger partial charge in [0.25, 0.3) is 0 Å². The molecule has 2 aliphatic rings. The van der Waals surface area contributed by atoms with Crippen LogP contribution in [0.2, 0.25) is 0 Å². The van der Waals surface area contributed by atoms with Crippen molar-refractivity contribution in [1.82, 2.24) is 10.6 Å². The van der Waals surface area contributed by atoms with E-state index in [1.807, 2.05) is 0 Å². The normalized spacial score (nSPS) is 48.5. The number of ether oxygens (including phenoxy) is 1. The minimum Gasteiger partial charge on any atom is -0.355 e. The van der Waals surface area contributed by atoms with Gasteiger partial charge in [0.15, 0.2) is 0 Å². The van der Waals surface area contributed by atoms with Crippen molar-refractivity contribution in [3.8, 4) is 0 Å². The van der Waals surface area contributed by atoms with Gasteiger partial charge in [-0.2, -0.15) is 0 Å². The molecule has 0 radical (unpaired) electrons. The van der Waals surface area contributed by atoms with Crippen LogP contribution in [-0.2, 0) is 4.74 Å². The lowest BCUT2D eigenvalue weighted by atomic mass is 10.1. The molecule has 2 fully saturated rings. The molecule has 0 saturated carbocycles. The highest BCUT2D eigenvalue weighted by molar-refractivity contribution is 4.95. The highest BCUT2D eigenvalue weighted by Gasteiger charge is 2.41. The maximum Gasteiger partial charge on any atom is 0.132 e. The third-order valence-corrected chi connectivity index (χ3v) is 2.91. The average Bonchev–Trinajstić information content (AvgIpc) is 2.59. The SMILES string of the molecule is CC1CNC(C)(C2CCCN2)O1. The molecule has 0 aromatic rings. The third-order valence-electron chi connectivity index (χ3n) is 2.91. The molecule has 2 saturated heterocycles. The van der Waals surface area contributed by atoms with Crippen LogP contribution in [0.4, 0.5) is 0 Å². The molecule has 0 spiro atoms. The van der Waals surface area contributed by atoms with E-state index in [9.17, 15) is 0 Å². The van der Waals surface area contributed by atoms with Crippen molar-refractivity contribution in [2.75, 3.05) is 13.1 Å². The zero-order chi connectivity index (χ0) is 8.60. The Balaban J connectivity index is 2.00. The van der Waals surface area contributed by atoms with Crippen molar-refractivity contribution in [1.29, 1.82) is 0 Å². The summed E-state index contributed by atoms with van der Waals surface area (Å²) >= 11 is 0. The number of hydrogen-bond acceptors (Lipinski definition) is 3. The largest absolute Gasteiger partial charge is 0.355 e. The topological polar surface area (TPSA) is 33.3 Å². The average molecular weight is 170 g/mol. The zero-order valence-corrected chi connectivity index (χ0v) is 7.89. The van der Waals surface area contributed by atoms with Gasteiger partial charge in [0.2, 0.25) is 0 Å². The summed E-state index contributed by atoms with van der Waals surface area (Å²) < 4.78 is 5.86. The van der Waals surface area contributed by atoms with Crippen molar-refractivity contribution in [2.24, 2.45) is 0 Å². The second kappa shape index (κ2) is 2.98. The second-order valence-electron chi connectivity index (χ2n) is 4.07. The van der Waals surface area contributed by atoms with E-state index in [0.29, 0.717) is 12.1 Å². The van der Waals surface area contributed by atoms with Gasteiger partial charge in [-0.25, -0.2) is 0 Å². The first kappa shape index (κ1) is 8.48. The first-order valence-electron chi connectivity index (χ1n) is 4.87. The molecule has 0 aromatic heterocycles. The van der Waals surface area contributed by atoms with Gasteiger partial charge in [-0.1, -0.05) is 0 Å². The predicted octanol–water partition coefficient (Wildman–Crippen LogP) is 0.463. The molecular weight excluding hydrogens is 152 g/mol. The lowest BCUT2D eigenvalue weighted by molar-refractivity contribution is -0.0519. The summed E-state index contributed by atoms with van der Waals surface area (Å²) in [5.41, 5.74) is -0.115. The van der Waals surface area contributed by atoms with Crippen LogP contribution in [0.5, 0.6) is 0 Å². The molecule has 0 aliphatic carbocycles. The molecule has 3 nitrogen and oxygen atoms in total. The second-order valence-corrected chi connectivity index (χ2v) is 4.07. The van der Waals surface area contributed by atoms with Crippen LogP contribution >= 0.6 is 0 Å². The molecule has 2 rings (SSSR count). The van der Waals surface area contributed by atoms with E-state index < -0.39 is 0 Å². The summed E-state index contributed by atoms with van der Waals surface area (Å²) in [4.78, 5) is 0. The van der Waals surface area contributed by atoms with Gasteiger partial charge < -0.3 is 10.1 Å². The van der Waals surface area contributed by atoms with Crippen LogP contribution in [0.15, 0.2) is 0 Å². The molecule has 3 unspecified atom stereocenters. The lowest BCUT2D eigenvalue weighted by Crippen LogP contribution is -2.53. The zero-order valence-electron chi connectivity index (χ0n) is 7.89. The molecule has 70 valence electrons. The van der Waals surface area contributed by atoms with Crippen LogP contribution in [0, 0.1) is 0 Å². The molecule has 3 heteroatoms. The summed E-state index contributed by atoms with van der Waals surface area (Å²) in [6.07, 6.45) is 2.87. The van der Waals surface area contributed by atoms with Gasteiger partial charge in [-0.3, -0.25) is 5.32 Å². The maximum atomic E-state index is 5.86. The quantitative estimate of drug-likeness (QED) is 0.600. The van der Waals surface area contributed by atoms with Gasteiger partial charge in [0.05, 0.1) is 6.10 Å². The Morgan fingerprint density at radius 3 is 2.83 bits per heavy atom. The third kappa shape index (κ3) is 1.37. The van der Waals surface area contributed by atoms with Gasteiger partial charge in [0, 0.05) is 12.6 Å². The summed E-state index contributed by atoms with van der Waals surface area (Å²) in [6.45, 7) is 6.39. The molecule has 12 heavy (non-hydrogen) atoms. The Labute approximate surface area is 73.9 Å². The molecule has 0 amide bonds. The monoisotopic (exact) mass is 170 g/mol. The van der Waals surface area contributed by atoms with E-state index in [1.54, 1.807) is 0 Å². The summed E-state index contributed by atoms with van der Waals surface area (Å²) in [6, 6.07) is 0.502. The fourth-order valence-corrected chi connectivity index (χ4v) is 2.21. The summed E-state index contributed by atoms with van der Waals surface area (Å²) in [5.74, 6) is 0. The highest BCUT2D eigenvalue weighted by atomic mass is 16.5. The molecular formula is C9H18N2O. The Morgan fingerprint density at radius 1 is 1.50 bits per heavy atom. The van der Waals surface area contributed by atoms with E-state index in [1.165, 1.54) is 12.8 Å². The van der Waals surface area contributed by atoms with Gasteiger partial charge >= 0.3 is 0 Å². The highest BCUT2D eigenvalue weighted by Crippen LogP contribution is 2.25. The first-order chi connectivity index (χ1) is 5.71. The van der Waals surface area contributed by atoms with Crippen molar-refractivity contribution in [3.05, 3.63) is 0 Å². The van der Waals surface area contributed by atoms with E-state index in [-0.39, 0.29) is 5.72 Å². The smallest absolute Gasteiger partial charge is 0.132 e. The Kier molecular flexibility index (Phi) is 2.10. The van der Waals surface area contributed by atoms with Crippen LogP contribution in [0.3, 0.4) is 0 Å². The Hall–Kier alpha value is -0.120. The predicted molar refractivity (Wildman–Crippen MR) is 48.0 cm³/mol. The molecule has 2 N–H and O–H groups in total. The molecule has 3 atom stereocenters. The van der Waals surface area contributed by atoms with Gasteiger partial charge in [-0.15, -0.1) is 0 Å². The molecule has 0 aromatic carbocycles. The molecule has 2 aliphatic heterocycles. The number of nitrogens with one attached hydrogen (secondary N) is 2.